The Morgan fingerprint density at radius 1 is 1.10 bits per heavy atom. The van der Waals surface area contributed by atoms with Crippen molar-refractivity contribution in [1.29, 1.82) is 0 Å². The Labute approximate surface area is 134 Å². The summed E-state index contributed by atoms with van der Waals surface area (Å²) in [6.45, 7) is 6.89. The molecule has 0 aliphatic rings. The number of ether oxygens (including phenoxy) is 1. The van der Waals surface area contributed by atoms with Crippen molar-refractivity contribution in [3.05, 3.63) is 46.3 Å². The third-order valence-corrected chi connectivity index (χ3v) is 2.96. The predicted molar refractivity (Wildman–Crippen MR) is 85.2 cm³/mol. The summed E-state index contributed by atoms with van der Waals surface area (Å²) in [6.07, 6.45) is 3.26. The summed E-state index contributed by atoms with van der Waals surface area (Å²) in [7, 11) is 0. The van der Waals surface area contributed by atoms with E-state index in [1.807, 2.05) is 0 Å². The van der Waals surface area contributed by atoms with E-state index < -0.39 is 0 Å². The van der Waals surface area contributed by atoms with Crippen LogP contribution in [-0.2, 0) is 6.54 Å². The first kappa shape index (κ1) is 16.0. The van der Waals surface area contributed by atoms with Gasteiger partial charge in [-0.25, -0.2) is 4.98 Å². The lowest BCUT2D eigenvalue weighted by molar-refractivity contribution is 0.414. The van der Waals surface area contributed by atoms with Gasteiger partial charge in [0, 0.05) is 28.3 Å². The summed E-state index contributed by atoms with van der Waals surface area (Å²) < 4.78 is 5.64. The predicted octanol–water partition coefficient (Wildman–Crippen LogP) is 4.46. The molecule has 1 N–H and O–H groups in total. The Hall–Kier alpha value is -1.36. The fraction of sp³-hybridized carbons (Fsp3) is 0.333. The van der Waals surface area contributed by atoms with Crippen LogP contribution in [-0.4, -0.2) is 15.5 Å². The maximum Gasteiger partial charge on any atom is 0.238 e. The van der Waals surface area contributed by atoms with Gasteiger partial charge in [0.05, 0.1) is 11.9 Å². The molecule has 4 nitrogen and oxygen atoms in total. The smallest absolute Gasteiger partial charge is 0.238 e. The van der Waals surface area contributed by atoms with E-state index in [-0.39, 0.29) is 5.54 Å². The van der Waals surface area contributed by atoms with E-state index in [2.05, 4.69) is 36.1 Å². The van der Waals surface area contributed by atoms with E-state index in [0.29, 0.717) is 28.2 Å². The molecule has 0 atom stereocenters. The number of nitrogens with one attached hydrogen (secondary N) is 1. The number of aromatic nitrogens is 2. The van der Waals surface area contributed by atoms with Crippen LogP contribution in [0.25, 0.3) is 0 Å². The topological polar surface area (TPSA) is 47.0 Å². The first-order valence-corrected chi connectivity index (χ1v) is 7.27. The second kappa shape index (κ2) is 6.60. The third-order valence-electron chi connectivity index (χ3n) is 2.52. The van der Waals surface area contributed by atoms with Crippen molar-refractivity contribution in [1.82, 2.24) is 15.3 Å². The summed E-state index contributed by atoms with van der Waals surface area (Å²) in [5.74, 6) is 0.935. The Bertz CT molecular complexity index is 606. The Balaban J connectivity index is 2.10. The van der Waals surface area contributed by atoms with Crippen LogP contribution >= 0.6 is 23.2 Å². The highest BCUT2D eigenvalue weighted by Crippen LogP contribution is 2.27. The van der Waals surface area contributed by atoms with Gasteiger partial charge >= 0.3 is 0 Å². The van der Waals surface area contributed by atoms with Crippen molar-refractivity contribution < 1.29 is 4.74 Å². The van der Waals surface area contributed by atoms with Gasteiger partial charge in [-0.05, 0) is 39.0 Å². The maximum atomic E-state index is 5.94. The molecule has 0 unspecified atom stereocenters. The molecular formula is C15H17Cl2N3O. The molecule has 0 spiro atoms. The van der Waals surface area contributed by atoms with Crippen molar-refractivity contribution in [2.24, 2.45) is 0 Å². The van der Waals surface area contributed by atoms with E-state index in [4.69, 9.17) is 27.9 Å². The minimum atomic E-state index is 0.0129. The normalized spacial score (nSPS) is 11.5. The molecule has 2 aromatic rings. The molecule has 0 radical (unpaired) electrons. The number of nitrogens with zero attached hydrogens (tertiary/aromatic N) is 2. The van der Waals surface area contributed by atoms with Crippen molar-refractivity contribution in [3.63, 3.8) is 0 Å². The Morgan fingerprint density at radius 3 is 2.38 bits per heavy atom. The van der Waals surface area contributed by atoms with Crippen molar-refractivity contribution >= 4 is 23.2 Å². The molecule has 0 fully saturated rings. The van der Waals surface area contributed by atoms with Gasteiger partial charge in [-0.15, -0.1) is 0 Å². The van der Waals surface area contributed by atoms with Crippen LogP contribution in [0.15, 0.2) is 30.6 Å². The summed E-state index contributed by atoms with van der Waals surface area (Å²) in [4.78, 5) is 8.53. The average molecular weight is 326 g/mol. The van der Waals surface area contributed by atoms with Crippen LogP contribution < -0.4 is 10.1 Å². The minimum Gasteiger partial charge on any atom is -0.437 e. The summed E-state index contributed by atoms with van der Waals surface area (Å²) >= 11 is 11.9. The van der Waals surface area contributed by atoms with Crippen LogP contribution in [0, 0.1) is 0 Å². The number of hydrogen-bond acceptors (Lipinski definition) is 4. The molecule has 0 amide bonds. The zero-order valence-corrected chi connectivity index (χ0v) is 13.7. The lowest BCUT2D eigenvalue weighted by Gasteiger charge is -2.20. The molecule has 1 aromatic heterocycles. The highest BCUT2D eigenvalue weighted by molar-refractivity contribution is 6.34. The highest BCUT2D eigenvalue weighted by atomic mass is 35.5. The number of rotatable bonds is 4. The van der Waals surface area contributed by atoms with E-state index in [0.717, 1.165) is 5.69 Å². The number of halogens is 2. The Morgan fingerprint density at radius 2 is 1.76 bits per heavy atom. The summed E-state index contributed by atoms with van der Waals surface area (Å²) in [5.41, 5.74) is 0.814. The van der Waals surface area contributed by atoms with E-state index in [1.54, 1.807) is 30.6 Å². The van der Waals surface area contributed by atoms with E-state index >= 15 is 0 Å². The molecule has 1 heterocycles. The van der Waals surface area contributed by atoms with Crippen molar-refractivity contribution in [2.75, 3.05) is 0 Å². The molecule has 0 aliphatic carbocycles. The number of hydrogen-bond donors (Lipinski definition) is 1. The van der Waals surface area contributed by atoms with E-state index in [1.165, 1.54) is 0 Å². The molecule has 0 bridgehead atoms. The maximum absolute atomic E-state index is 5.94. The zero-order chi connectivity index (χ0) is 15.5. The molecule has 0 aliphatic heterocycles. The van der Waals surface area contributed by atoms with Gasteiger partial charge in [0.15, 0.2) is 0 Å². The largest absolute Gasteiger partial charge is 0.437 e. The van der Waals surface area contributed by atoms with Crippen LogP contribution in [0.5, 0.6) is 11.6 Å². The highest BCUT2D eigenvalue weighted by Gasteiger charge is 2.10. The summed E-state index contributed by atoms with van der Waals surface area (Å²) in [5, 5.41) is 4.37. The van der Waals surface area contributed by atoms with Crippen molar-refractivity contribution in [3.8, 4) is 11.6 Å². The van der Waals surface area contributed by atoms with Gasteiger partial charge in [-0.2, -0.15) is 0 Å². The molecule has 0 saturated carbocycles. The molecule has 2 rings (SSSR count). The fourth-order valence-electron chi connectivity index (χ4n) is 1.58. The standard InChI is InChI=1S/C15H17Cl2N3O/c1-15(2,3)19-8-12-7-18-9-14(20-12)21-13-5-10(16)4-11(17)6-13/h4-7,9,19H,8H2,1-3H3. The summed E-state index contributed by atoms with van der Waals surface area (Å²) in [6, 6.07) is 5.00. The lowest BCUT2D eigenvalue weighted by atomic mass is 10.1. The molecule has 0 saturated heterocycles. The molecular weight excluding hydrogens is 309 g/mol. The SMILES string of the molecule is CC(C)(C)NCc1cncc(Oc2cc(Cl)cc(Cl)c2)n1. The zero-order valence-electron chi connectivity index (χ0n) is 12.2. The molecule has 6 heteroatoms. The first-order chi connectivity index (χ1) is 9.82. The van der Waals surface area contributed by atoms with E-state index in [9.17, 15) is 0 Å². The molecule has 1 aromatic carbocycles. The van der Waals surface area contributed by atoms with Crippen molar-refractivity contribution in [2.45, 2.75) is 32.9 Å². The van der Waals surface area contributed by atoms with Crippen LogP contribution in [0.2, 0.25) is 10.0 Å². The second-order valence-electron chi connectivity index (χ2n) is 5.66. The third kappa shape index (κ3) is 5.50. The lowest BCUT2D eigenvalue weighted by Crippen LogP contribution is -2.35. The second-order valence-corrected chi connectivity index (χ2v) is 6.53. The molecule has 21 heavy (non-hydrogen) atoms. The van der Waals surface area contributed by atoms with Gasteiger partial charge in [0.25, 0.3) is 0 Å². The number of benzene rings is 1. The van der Waals surface area contributed by atoms with Crippen LogP contribution in [0.4, 0.5) is 0 Å². The average Bonchev–Trinajstić information content (AvgIpc) is 2.35. The van der Waals surface area contributed by atoms with Gasteiger partial charge in [0.2, 0.25) is 5.88 Å². The fourth-order valence-corrected chi connectivity index (χ4v) is 2.09. The van der Waals surface area contributed by atoms with Crippen LogP contribution in [0.1, 0.15) is 26.5 Å². The van der Waals surface area contributed by atoms with Crippen LogP contribution in [0.3, 0.4) is 0 Å². The van der Waals surface area contributed by atoms with Gasteiger partial charge in [0.1, 0.15) is 5.75 Å². The molecule has 112 valence electrons. The quantitative estimate of drug-likeness (QED) is 0.901. The Kier molecular flexibility index (Phi) is 5.04. The first-order valence-electron chi connectivity index (χ1n) is 6.52. The van der Waals surface area contributed by atoms with Gasteiger partial charge < -0.3 is 10.1 Å². The van der Waals surface area contributed by atoms with Gasteiger partial charge in [-0.3, -0.25) is 4.98 Å². The van der Waals surface area contributed by atoms with Gasteiger partial charge in [-0.1, -0.05) is 23.2 Å². The minimum absolute atomic E-state index is 0.0129. The monoisotopic (exact) mass is 325 g/mol.